The fraction of sp³-hybridized carbons (Fsp3) is 0.0455. The summed E-state index contributed by atoms with van der Waals surface area (Å²) in [5.74, 6) is 1.90. The second kappa shape index (κ2) is 13.0. The number of nitrogens with zero attached hydrogens (tertiary/aromatic N) is 3. The van der Waals surface area contributed by atoms with Gasteiger partial charge in [0.2, 0.25) is 0 Å². The molecule has 51 heavy (non-hydrogen) atoms. The van der Waals surface area contributed by atoms with Crippen molar-refractivity contribution in [1.29, 1.82) is 0 Å². The lowest BCUT2D eigenvalue weighted by Crippen LogP contribution is -2.37. The summed E-state index contributed by atoms with van der Waals surface area (Å²) in [7, 11) is 0. The monoisotopic (exact) mass is 677 g/mol. The Morgan fingerprint density at radius 1 is 0.471 bits per heavy atom. The normalized spacial score (nSPS) is 11.3. The molecule has 3 heterocycles. The molecule has 0 N–H and O–H groups in total. The first-order valence-corrected chi connectivity index (χ1v) is 18.4. The fourth-order valence-electron chi connectivity index (χ4n) is 6.80. The van der Waals surface area contributed by atoms with E-state index in [1.165, 1.54) is 0 Å². The summed E-state index contributed by atoms with van der Waals surface area (Å²) < 4.78 is 23.1. The molecule has 6 nitrogen and oxygen atoms in total. The van der Waals surface area contributed by atoms with Crippen molar-refractivity contribution < 1.29 is 11.4 Å². The van der Waals surface area contributed by atoms with E-state index in [2.05, 4.69) is 89.5 Å². The smallest absolute Gasteiger partial charge is 0.577 e. The molecule has 0 atom stereocenters. The lowest BCUT2D eigenvalue weighted by molar-refractivity contribution is 0.310. The largest absolute Gasteiger partial charge is 1.20 e. The number of fused-ring (bicyclic) bond motifs is 5. The van der Waals surface area contributed by atoms with Crippen molar-refractivity contribution in [2.24, 2.45) is 0 Å². The minimum absolute atomic E-state index is 0.611. The second-order valence-corrected chi connectivity index (χ2v) is 13.9. The maximum Gasteiger partial charge on any atom is 1.20 e. The second-order valence-electron chi connectivity index (χ2n) is 12.6. The highest BCUT2D eigenvalue weighted by atomic mass is 27.3. The molecule has 6 aromatic carbocycles. The SMILES string of the molecule is Cc1ccc2cccc([O][Al]([O]c3cc4c5ccccc5n(-c5ccccc5)c4cc3-c3ccccc3)[O]c3cccc4ccc(C)nc34)c2n1. The predicted molar refractivity (Wildman–Crippen MR) is 207 cm³/mol. The van der Waals surface area contributed by atoms with Crippen LogP contribution in [0, 0.1) is 13.8 Å². The Morgan fingerprint density at radius 2 is 1.04 bits per heavy atom. The number of hydrogen-bond donors (Lipinski definition) is 0. The van der Waals surface area contributed by atoms with Crippen LogP contribution in [0.1, 0.15) is 11.4 Å². The van der Waals surface area contributed by atoms with Crippen LogP contribution >= 0.6 is 0 Å². The topological polar surface area (TPSA) is 58.4 Å². The summed E-state index contributed by atoms with van der Waals surface area (Å²) in [6.07, 6.45) is 0. The summed E-state index contributed by atoms with van der Waals surface area (Å²) in [5, 5.41) is 4.16. The number of benzene rings is 6. The van der Waals surface area contributed by atoms with Crippen molar-refractivity contribution >= 4 is 58.8 Å². The van der Waals surface area contributed by atoms with Crippen LogP contribution < -0.4 is 11.4 Å². The lowest BCUT2D eigenvalue weighted by atomic mass is 10.0. The molecule has 7 heteroatoms. The molecular formula is C44H32AlN3O3. The maximum absolute atomic E-state index is 7.07. The first-order valence-electron chi connectivity index (χ1n) is 17.0. The van der Waals surface area contributed by atoms with Crippen LogP contribution in [0.25, 0.3) is 60.4 Å². The van der Waals surface area contributed by atoms with Crippen LogP contribution in [0.15, 0.2) is 158 Å². The van der Waals surface area contributed by atoms with Crippen molar-refractivity contribution in [3.63, 3.8) is 0 Å². The average Bonchev–Trinajstić information content (AvgIpc) is 3.49. The van der Waals surface area contributed by atoms with Crippen LogP contribution in [0.2, 0.25) is 0 Å². The van der Waals surface area contributed by atoms with Crippen molar-refractivity contribution in [1.82, 2.24) is 14.5 Å². The Hall–Kier alpha value is -6.13. The van der Waals surface area contributed by atoms with E-state index in [9.17, 15) is 0 Å². The zero-order valence-corrected chi connectivity index (χ0v) is 29.3. The van der Waals surface area contributed by atoms with Crippen molar-refractivity contribution in [3.8, 4) is 34.1 Å². The van der Waals surface area contributed by atoms with Crippen LogP contribution in [0.4, 0.5) is 0 Å². The minimum atomic E-state index is -3.09. The van der Waals surface area contributed by atoms with Crippen LogP contribution in [0.3, 0.4) is 0 Å². The van der Waals surface area contributed by atoms with Gasteiger partial charge in [0.1, 0.15) is 22.5 Å². The molecule has 9 aromatic rings. The highest BCUT2D eigenvalue weighted by Gasteiger charge is 2.46. The maximum atomic E-state index is 7.07. The van der Waals surface area contributed by atoms with E-state index in [-0.39, 0.29) is 0 Å². The van der Waals surface area contributed by atoms with Gasteiger partial charge in [0.15, 0.2) is 0 Å². The van der Waals surface area contributed by atoms with Crippen LogP contribution in [-0.2, 0) is 0 Å². The van der Waals surface area contributed by atoms with Gasteiger partial charge in [-0.1, -0.05) is 103 Å². The number of hydrogen-bond acceptors (Lipinski definition) is 5. The third-order valence-electron chi connectivity index (χ3n) is 9.19. The van der Waals surface area contributed by atoms with Gasteiger partial charge in [0.05, 0.1) is 16.8 Å². The molecule has 0 amide bonds. The van der Waals surface area contributed by atoms with Gasteiger partial charge in [-0.15, -0.1) is 0 Å². The summed E-state index contributed by atoms with van der Waals surface area (Å²) in [5.41, 5.74) is 8.58. The van der Waals surface area contributed by atoms with Crippen molar-refractivity contribution in [2.45, 2.75) is 13.8 Å². The van der Waals surface area contributed by atoms with E-state index in [1.807, 2.05) is 86.6 Å². The molecule has 0 unspecified atom stereocenters. The molecule has 9 rings (SSSR count). The van der Waals surface area contributed by atoms with Gasteiger partial charge in [-0.2, -0.15) is 0 Å². The molecule has 0 fully saturated rings. The molecule has 0 radical (unpaired) electrons. The van der Waals surface area contributed by atoms with Crippen LogP contribution in [-0.4, -0.2) is 29.7 Å². The predicted octanol–water partition coefficient (Wildman–Crippen LogP) is 10.7. The molecule has 0 aliphatic heterocycles. The van der Waals surface area contributed by atoms with Gasteiger partial charge >= 0.3 is 15.1 Å². The Bertz CT molecular complexity index is 2630. The van der Waals surface area contributed by atoms with E-state index in [4.69, 9.17) is 21.3 Å². The Balaban J connectivity index is 1.24. The highest BCUT2D eigenvalue weighted by molar-refractivity contribution is 6.40. The molecule has 0 aliphatic carbocycles. The molecule has 0 aliphatic rings. The Kier molecular flexibility index (Phi) is 7.85. The van der Waals surface area contributed by atoms with Gasteiger partial charge in [0, 0.05) is 44.2 Å². The number of rotatable bonds is 8. The molecular weight excluding hydrogens is 645 g/mol. The number of pyridine rings is 2. The van der Waals surface area contributed by atoms with E-state index in [0.717, 1.165) is 71.8 Å². The van der Waals surface area contributed by atoms with Gasteiger partial charge in [-0.05, 0) is 74.0 Å². The van der Waals surface area contributed by atoms with Crippen molar-refractivity contribution in [2.75, 3.05) is 0 Å². The molecule has 0 saturated carbocycles. The average molecular weight is 678 g/mol. The first kappa shape index (κ1) is 30.9. The van der Waals surface area contributed by atoms with Crippen LogP contribution in [0.5, 0.6) is 17.2 Å². The summed E-state index contributed by atoms with van der Waals surface area (Å²) >= 11 is -3.09. The van der Waals surface area contributed by atoms with Gasteiger partial charge in [0.25, 0.3) is 0 Å². The lowest BCUT2D eigenvalue weighted by Gasteiger charge is -2.20. The summed E-state index contributed by atoms with van der Waals surface area (Å²) in [6, 6.07) is 53.7. The van der Waals surface area contributed by atoms with E-state index >= 15 is 0 Å². The van der Waals surface area contributed by atoms with E-state index in [0.29, 0.717) is 17.2 Å². The molecule has 0 bridgehead atoms. The Labute approximate surface area is 300 Å². The Morgan fingerprint density at radius 3 is 1.69 bits per heavy atom. The number of para-hydroxylation sites is 4. The van der Waals surface area contributed by atoms with Gasteiger partial charge in [-0.3, -0.25) is 0 Å². The molecule has 0 saturated heterocycles. The minimum Gasteiger partial charge on any atom is -0.577 e. The molecule has 3 aromatic heterocycles. The van der Waals surface area contributed by atoms with Gasteiger partial charge in [-0.25, -0.2) is 9.97 Å². The summed E-state index contributed by atoms with van der Waals surface area (Å²) in [6.45, 7) is 3.96. The van der Waals surface area contributed by atoms with E-state index in [1.54, 1.807) is 0 Å². The third kappa shape index (κ3) is 5.83. The fourth-order valence-corrected chi connectivity index (χ4v) is 8.14. The highest BCUT2D eigenvalue weighted by Crippen LogP contribution is 2.41. The van der Waals surface area contributed by atoms with Crippen molar-refractivity contribution in [3.05, 3.63) is 169 Å². The quantitative estimate of drug-likeness (QED) is 0.150. The molecule has 244 valence electrons. The third-order valence-corrected chi connectivity index (χ3v) is 10.5. The summed E-state index contributed by atoms with van der Waals surface area (Å²) in [4.78, 5) is 9.69. The zero-order valence-electron chi connectivity index (χ0n) is 28.2. The first-order chi connectivity index (χ1) is 25.1. The number of aromatic nitrogens is 3. The number of aryl methyl sites for hydroxylation is 2. The van der Waals surface area contributed by atoms with Gasteiger partial charge < -0.3 is 15.9 Å². The van der Waals surface area contributed by atoms with E-state index < -0.39 is 15.1 Å². The molecule has 0 spiro atoms. The zero-order chi connectivity index (χ0) is 34.3. The standard InChI is InChI=1S/C24H17NO.2C10H9NO.Al/c26-24-16-21-19-13-7-8-14-22(19)25(18-11-5-2-6-12-18)23(21)15-20(24)17-9-3-1-4-10-17;2*1-7-5-6-8-3-2-4-9(12)10(8)11-7;/h1-16,26H;2*2-6,12H,1H3;/q;;;+3/p-3.